The molecule has 3 unspecified atom stereocenters. The highest BCUT2D eigenvalue weighted by molar-refractivity contribution is 5.71. The molecule has 0 aromatic carbocycles. The van der Waals surface area contributed by atoms with Gasteiger partial charge in [0.15, 0.2) is 0 Å². The minimum atomic E-state index is -0.786. The SMILES string of the molecule is CC(C1CCC1)N1CC(NC(=O)OC(C)(C)C)CC(C(=O)O)C1. The van der Waals surface area contributed by atoms with E-state index in [2.05, 4.69) is 17.1 Å². The van der Waals surface area contributed by atoms with Gasteiger partial charge in [0.1, 0.15) is 5.60 Å². The van der Waals surface area contributed by atoms with Gasteiger partial charge in [-0.2, -0.15) is 0 Å². The van der Waals surface area contributed by atoms with E-state index in [1.165, 1.54) is 19.3 Å². The average Bonchev–Trinajstić information content (AvgIpc) is 2.33. The van der Waals surface area contributed by atoms with Crippen LogP contribution in [0.1, 0.15) is 53.4 Å². The number of carbonyl (C=O) groups excluding carboxylic acids is 1. The second-order valence-electron chi connectivity index (χ2n) is 8.00. The van der Waals surface area contributed by atoms with Gasteiger partial charge >= 0.3 is 12.1 Å². The maximum atomic E-state index is 12.0. The molecule has 1 aliphatic carbocycles. The van der Waals surface area contributed by atoms with Crippen LogP contribution in [0.5, 0.6) is 0 Å². The van der Waals surface area contributed by atoms with Crippen molar-refractivity contribution in [3.8, 4) is 0 Å². The van der Waals surface area contributed by atoms with E-state index < -0.39 is 23.6 Å². The van der Waals surface area contributed by atoms with Crippen LogP contribution in [-0.4, -0.2) is 52.8 Å². The topological polar surface area (TPSA) is 78.9 Å². The minimum absolute atomic E-state index is 0.178. The highest BCUT2D eigenvalue weighted by atomic mass is 16.6. The predicted octanol–water partition coefficient (Wildman–Crippen LogP) is 2.47. The Hall–Kier alpha value is -1.30. The van der Waals surface area contributed by atoms with E-state index in [1.807, 2.05) is 20.8 Å². The minimum Gasteiger partial charge on any atom is -0.481 e. The van der Waals surface area contributed by atoms with Crippen LogP contribution in [0.2, 0.25) is 0 Å². The molecule has 0 spiro atoms. The predicted molar refractivity (Wildman–Crippen MR) is 87.3 cm³/mol. The largest absolute Gasteiger partial charge is 0.481 e. The zero-order chi connectivity index (χ0) is 17.2. The summed E-state index contributed by atoms with van der Waals surface area (Å²) in [6, 6.07) is 0.191. The first-order valence-corrected chi connectivity index (χ1v) is 8.62. The standard InChI is InChI=1S/C17H30N2O4/c1-11(12-6-5-7-12)19-9-13(15(20)21)8-14(10-19)18-16(22)23-17(2,3)4/h11-14H,5-10H2,1-4H3,(H,18,22)(H,20,21). The Morgan fingerprint density at radius 1 is 1.26 bits per heavy atom. The molecule has 3 atom stereocenters. The molecule has 1 saturated heterocycles. The number of amides is 1. The summed E-state index contributed by atoms with van der Waals surface area (Å²) in [5.41, 5.74) is -0.552. The Kier molecular flexibility index (Phi) is 5.55. The summed E-state index contributed by atoms with van der Waals surface area (Å²) in [4.78, 5) is 25.7. The van der Waals surface area contributed by atoms with Crippen LogP contribution < -0.4 is 5.32 Å². The van der Waals surface area contributed by atoms with Crippen molar-refractivity contribution in [3.63, 3.8) is 0 Å². The Labute approximate surface area is 138 Å². The summed E-state index contributed by atoms with van der Waals surface area (Å²) in [7, 11) is 0. The first-order chi connectivity index (χ1) is 10.7. The van der Waals surface area contributed by atoms with Crippen LogP contribution in [0.4, 0.5) is 4.79 Å². The van der Waals surface area contributed by atoms with Gasteiger partial charge in [0.05, 0.1) is 5.92 Å². The number of carbonyl (C=O) groups is 2. The molecule has 1 aliphatic heterocycles. The Morgan fingerprint density at radius 3 is 2.39 bits per heavy atom. The molecule has 2 rings (SSSR count). The maximum Gasteiger partial charge on any atom is 0.407 e. The highest BCUT2D eigenvalue weighted by Gasteiger charge is 2.37. The maximum absolute atomic E-state index is 12.0. The quantitative estimate of drug-likeness (QED) is 0.830. The number of piperidine rings is 1. The molecule has 6 heteroatoms. The van der Waals surface area contributed by atoms with E-state index in [0.717, 1.165) is 0 Å². The number of ether oxygens (including phenoxy) is 1. The molecule has 6 nitrogen and oxygen atoms in total. The molecule has 0 bridgehead atoms. The second kappa shape index (κ2) is 7.07. The Bertz CT molecular complexity index is 442. The first kappa shape index (κ1) is 18.0. The van der Waals surface area contributed by atoms with Crippen molar-refractivity contribution in [2.24, 2.45) is 11.8 Å². The van der Waals surface area contributed by atoms with Gasteiger partial charge in [0.25, 0.3) is 0 Å². The van der Waals surface area contributed by atoms with Crippen molar-refractivity contribution in [3.05, 3.63) is 0 Å². The summed E-state index contributed by atoms with van der Waals surface area (Å²) < 4.78 is 5.30. The fraction of sp³-hybridized carbons (Fsp3) is 0.882. The number of nitrogens with one attached hydrogen (secondary N) is 1. The molecule has 2 aliphatic rings. The lowest BCUT2D eigenvalue weighted by Crippen LogP contribution is -2.56. The van der Waals surface area contributed by atoms with Gasteiger partial charge < -0.3 is 15.2 Å². The molecule has 0 aromatic rings. The van der Waals surface area contributed by atoms with E-state index in [9.17, 15) is 14.7 Å². The molecule has 1 amide bonds. The number of carboxylic acids is 1. The van der Waals surface area contributed by atoms with Crippen molar-refractivity contribution < 1.29 is 19.4 Å². The molecule has 23 heavy (non-hydrogen) atoms. The zero-order valence-corrected chi connectivity index (χ0v) is 14.7. The second-order valence-corrected chi connectivity index (χ2v) is 8.00. The van der Waals surface area contributed by atoms with Crippen LogP contribution >= 0.6 is 0 Å². The van der Waals surface area contributed by atoms with E-state index in [-0.39, 0.29) is 6.04 Å². The number of alkyl carbamates (subject to hydrolysis) is 1. The Balaban J connectivity index is 1.97. The van der Waals surface area contributed by atoms with Gasteiger partial charge in [0, 0.05) is 25.2 Å². The number of aliphatic carboxylic acids is 1. The van der Waals surface area contributed by atoms with E-state index in [4.69, 9.17) is 4.74 Å². The average molecular weight is 326 g/mol. The molecule has 1 saturated carbocycles. The first-order valence-electron chi connectivity index (χ1n) is 8.62. The molecule has 2 N–H and O–H groups in total. The third-order valence-corrected chi connectivity index (χ3v) is 4.96. The van der Waals surface area contributed by atoms with Crippen molar-refractivity contribution >= 4 is 12.1 Å². The molecule has 2 fully saturated rings. The van der Waals surface area contributed by atoms with Crippen LogP contribution in [0.3, 0.4) is 0 Å². The fourth-order valence-electron chi connectivity index (χ4n) is 3.44. The molecular weight excluding hydrogens is 296 g/mol. The van der Waals surface area contributed by atoms with Crippen molar-refractivity contribution in [1.29, 1.82) is 0 Å². The monoisotopic (exact) mass is 326 g/mol. The fourth-order valence-corrected chi connectivity index (χ4v) is 3.44. The van der Waals surface area contributed by atoms with Crippen LogP contribution in [0.25, 0.3) is 0 Å². The summed E-state index contributed by atoms with van der Waals surface area (Å²) in [6.07, 6.45) is 3.71. The normalized spacial score (nSPS) is 27.8. The summed E-state index contributed by atoms with van der Waals surface area (Å²) >= 11 is 0. The summed E-state index contributed by atoms with van der Waals surface area (Å²) in [5.74, 6) is -0.567. The number of carboxylic acid groups (broad SMARTS) is 1. The van der Waals surface area contributed by atoms with Gasteiger partial charge in [-0.1, -0.05) is 6.42 Å². The van der Waals surface area contributed by atoms with Gasteiger partial charge in [-0.05, 0) is 52.9 Å². The Morgan fingerprint density at radius 2 is 1.91 bits per heavy atom. The molecular formula is C17H30N2O4. The molecule has 1 heterocycles. The summed E-state index contributed by atoms with van der Waals surface area (Å²) in [5, 5.41) is 12.3. The van der Waals surface area contributed by atoms with Crippen molar-refractivity contribution in [1.82, 2.24) is 10.2 Å². The smallest absolute Gasteiger partial charge is 0.407 e. The molecule has 0 radical (unpaired) electrons. The van der Waals surface area contributed by atoms with Crippen LogP contribution in [0, 0.1) is 11.8 Å². The van der Waals surface area contributed by atoms with Gasteiger partial charge in [0.2, 0.25) is 0 Å². The molecule has 0 aromatic heterocycles. The van der Waals surface area contributed by atoms with Crippen LogP contribution in [0.15, 0.2) is 0 Å². The van der Waals surface area contributed by atoms with Gasteiger partial charge in [-0.3, -0.25) is 9.69 Å². The highest BCUT2D eigenvalue weighted by Crippen LogP contribution is 2.33. The third kappa shape index (κ3) is 5.09. The lowest BCUT2D eigenvalue weighted by atomic mass is 9.78. The van der Waals surface area contributed by atoms with E-state index in [1.54, 1.807) is 0 Å². The van der Waals surface area contributed by atoms with E-state index >= 15 is 0 Å². The van der Waals surface area contributed by atoms with Gasteiger partial charge in [-0.25, -0.2) is 4.79 Å². The summed E-state index contributed by atoms with van der Waals surface area (Å²) in [6.45, 7) is 8.90. The van der Waals surface area contributed by atoms with Crippen LogP contribution in [-0.2, 0) is 9.53 Å². The van der Waals surface area contributed by atoms with E-state index in [0.29, 0.717) is 31.5 Å². The number of likely N-dealkylation sites (tertiary alicyclic amines) is 1. The number of hydrogen-bond acceptors (Lipinski definition) is 4. The van der Waals surface area contributed by atoms with Crippen molar-refractivity contribution in [2.45, 2.75) is 71.1 Å². The number of nitrogens with zero attached hydrogens (tertiary/aromatic N) is 1. The van der Waals surface area contributed by atoms with Crippen molar-refractivity contribution in [2.75, 3.05) is 13.1 Å². The number of rotatable bonds is 4. The molecule has 132 valence electrons. The lowest BCUT2D eigenvalue weighted by molar-refractivity contribution is -0.144. The zero-order valence-electron chi connectivity index (χ0n) is 14.7. The van der Waals surface area contributed by atoms with Gasteiger partial charge in [-0.15, -0.1) is 0 Å². The number of hydrogen-bond donors (Lipinski definition) is 2. The lowest BCUT2D eigenvalue weighted by Gasteiger charge is -2.44. The third-order valence-electron chi connectivity index (χ3n) is 4.96.